The van der Waals surface area contributed by atoms with E-state index in [0.717, 1.165) is 50.1 Å². The fraction of sp³-hybridized carbons (Fsp3) is 0.192. The Morgan fingerprint density at radius 1 is 0.969 bits per heavy atom. The second-order valence-corrected chi connectivity index (χ2v) is 9.86. The summed E-state index contributed by atoms with van der Waals surface area (Å²) in [5.74, 6) is 0.885. The van der Waals surface area contributed by atoms with Crippen molar-refractivity contribution in [3.8, 4) is 22.6 Å². The molecule has 0 aliphatic heterocycles. The van der Waals surface area contributed by atoms with E-state index in [2.05, 4.69) is 79.4 Å². The topological polar surface area (TPSA) is 66.5 Å². The first-order valence-corrected chi connectivity index (χ1v) is 11.5. The van der Waals surface area contributed by atoms with E-state index < -0.39 is 0 Å². The third-order valence-corrected chi connectivity index (χ3v) is 6.29. The number of hydrogen-bond donors (Lipinski definition) is 2. The van der Waals surface area contributed by atoms with Gasteiger partial charge in [0.15, 0.2) is 5.13 Å². The number of pyridine rings is 1. The van der Waals surface area contributed by atoms with Gasteiger partial charge < -0.3 is 10.3 Å². The number of anilines is 2. The molecular weight excluding hydrogens is 414 g/mol. The van der Waals surface area contributed by atoms with Crippen LogP contribution in [0.2, 0.25) is 0 Å². The zero-order valence-electron chi connectivity index (χ0n) is 18.6. The molecule has 0 spiro atoms. The van der Waals surface area contributed by atoms with Crippen molar-refractivity contribution in [2.24, 2.45) is 0 Å². The van der Waals surface area contributed by atoms with Crippen molar-refractivity contribution in [1.82, 2.24) is 19.9 Å². The average molecular weight is 440 g/mol. The van der Waals surface area contributed by atoms with Crippen molar-refractivity contribution >= 4 is 33.2 Å². The molecule has 160 valence electrons. The summed E-state index contributed by atoms with van der Waals surface area (Å²) in [6.07, 6.45) is 3.60. The molecule has 6 heteroatoms. The largest absolute Gasteiger partial charge is 0.338 e. The van der Waals surface area contributed by atoms with Crippen LogP contribution >= 0.6 is 11.3 Å². The monoisotopic (exact) mass is 439 g/mol. The molecule has 0 aliphatic rings. The summed E-state index contributed by atoms with van der Waals surface area (Å²) in [5, 5.41) is 6.36. The Bertz CT molecular complexity index is 1390. The van der Waals surface area contributed by atoms with Crippen molar-refractivity contribution in [1.29, 1.82) is 0 Å². The van der Waals surface area contributed by atoms with Crippen molar-refractivity contribution in [3.05, 3.63) is 77.4 Å². The van der Waals surface area contributed by atoms with E-state index in [4.69, 9.17) is 9.97 Å². The lowest BCUT2D eigenvalue weighted by Gasteiger charge is -2.19. The summed E-state index contributed by atoms with van der Waals surface area (Å²) in [4.78, 5) is 17.3. The lowest BCUT2D eigenvalue weighted by Crippen LogP contribution is -2.10. The number of H-pyrrole nitrogens is 1. The van der Waals surface area contributed by atoms with Crippen LogP contribution in [0.15, 0.2) is 66.3 Å². The Hall–Kier alpha value is -3.51. The van der Waals surface area contributed by atoms with Crippen LogP contribution in [-0.4, -0.2) is 19.9 Å². The maximum Gasteiger partial charge on any atom is 0.187 e. The predicted octanol–water partition coefficient (Wildman–Crippen LogP) is 7.10. The van der Waals surface area contributed by atoms with Crippen LogP contribution in [0.25, 0.3) is 33.7 Å². The Balaban J connectivity index is 1.45. The van der Waals surface area contributed by atoms with E-state index in [9.17, 15) is 0 Å². The first-order valence-electron chi connectivity index (χ1n) is 10.6. The number of aryl methyl sites for hydroxylation is 1. The van der Waals surface area contributed by atoms with Gasteiger partial charge in [-0.05, 0) is 53.8 Å². The minimum atomic E-state index is 0.0953. The van der Waals surface area contributed by atoms with Gasteiger partial charge in [-0.2, -0.15) is 0 Å². The first-order chi connectivity index (χ1) is 15.4. The minimum absolute atomic E-state index is 0.0953. The minimum Gasteiger partial charge on any atom is -0.338 e. The van der Waals surface area contributed by atoms with E-state index in [1.54, 1.807) is 17.5 Å². The zero-order valence-corrected chi connectivity index (χ0v) is 19.4. The van der Waals surface area contributed by atoms with Crippen molar-refractivity contribution in [2.75, 3.05) is 5.32 Å². The van der Waals surface area contributed by atoms with Crippen molar-refractivity contribution in [3.63, 3.8) is 0 Å². The summed E-state index contributed by atoms with van der Waals surface area (Å²) < 4.78 is 0. The number of fused-ring (bicyclic) bond motifs is 1. The Labute approximate surface area is 191 Å². The highest BCUT2D eigenvalue weighted by molar-refractivity contribution is 7.14. The lowest BCUT2D eigenvalue weighted by molar-refractivity contribution is 0.590. The van der Waals surface area contributed by atoms with Gasteiger partial charge in [-0.3, -0.25) is 4.98 Å². The average Bonchev–Trinajstić information content (AvgIpc) is 3.41. The second-order valence-electron chi connectivity index (χ2n) is 9.01. The fourth-order valence-corrected chi connectivity index (χ4v) is 4.39. The molecular formula is C26H25N5S. The molecule has 0 atom stereocenters. The highest BCUT2D eigenvalue weighted by atomic mass is 32.1. The molecule has 0 unspecified atom stereocenters. The van der Waals surface area contributed by atoms with Crippen LogP contribution in [0.3, 0.4) is 0 Å². The molecule has 3 aromatic heterocycles. The molecule has 0 bridgehead atoms. The van der Waals surface area contributed by atoms with Crippen LogP contribution in [0.5, 0.6) is 0 Å². The van der Waals surface area contributed by atoms with Gasteiger partial charge in [0.1, 0.15) is 5.82 Å². The standard InChI is InChI=1S/C26H25N5S/c1-16-11-21-22(29-24(28-21)17-7-5-9-19(12-17)26(2,3)4)13-20(16)30-25-31-23(15-32-25)18-8-6-10-27-14-18/h5-15H,1-4H3,(H,28,29)(H,30,31). The molecule has 2 aromatic carbocycles. The van der Waals surface area contributed by atoms with Gasteiger partial charge in [0.05, 0.1) is 16.7 Å². The fourth-order valence-electron chi connectivity index (χ4n) is 3.66. The first kappa shape index (κ1) is 20.4. The third-order valence-electron chi connectivity index (χ3n) is 5.53. The van der Waals surface area contributed by atoms with Crippen LogP contribution in [0, 0.1) is 6.92 Å². The smallest absolute Gasteiger partial charge is 0.187 e. The van der Waals surface area contributed by atoms with E-state index >= 15 is 0 Å². The zero-order chi connectivity index (χ0) is 22.3. The normalized spacial score (nSPS) is 11.8. The summed E-state index contributed by atoms with van der Waals surface area (Å²) in [5.41, 5.74) is 8.52. The molecule has 5 aromatic rings. The predicted molar refractivity (Wildman–Crippen MR) is 134 cm³/mol. The number of imidazole rings is 1. The Morgan fingerprint density at radius 2 is 1.81 bits per heavy atom. The van der Waals surface area contributed by atoms with E-state index in [0.29, 0.717) is 0 Å². The number of nitrogens with zero attached hydrogens (tertiary/aromatic N) is 3. The lowest BCUT2D eigenvalue weighted by atomic mass is 9.86. The molecule has 0 fully saturated rings. The Morgan fingerprint density at radius 3 is 2.59 bits per heavy atom. The van der Waals surface area contributed by atoms with E-state index in [1.165, 1.54) is 5.56 Å². The number of rotatable bonds is 4. The molecule has 32 heavy (non-hydrogen) atoms. The van der Waals surface area contributed by atoms with Gasteiger partial charge in [-0.1, -0.05) is 39.0 Å². The van der Waals surface area contributed by atoms with E-state index in [1.807, 2.05) is 23.7 Å². The maximum atomic E-state index is 4.88. The molecule has 0 saturated carbocycles. The van der Waals surface area contributed by atoms with Crippen LogP contribution in [0.4, 0.5) is 10.8 Å². The van der Waals surface area contributed by atoms with Gasteiger partial charge in [0.25, 0.3) is 0 Å². The van der Waals surface area contributed by atoms with Crippen molar-refractivity contribution in [2.45, 2.75) is 33.1 Å². The number of nitrogens with one attached hydrogen (secondary N) is 2. The second kappa shape index (κ2) is 7.88. The van der Waals surface area contributed by atoms with Gasteiger partial charge >= 0.3 is 0 Å². The van der Waals surface area contributed by atoms with Gasteiger partial charge in [-0.15, -0.1) is 11.3 Å². The molecule has 5 nitrogen and oxygen atoms in total. The number of aromatic nitrogens is 4. The van der Waals surface area contributed by atoms with Gasteiger partial charge in [0.2, 0.25) is 0 Å². The quantitative estimate of drug-likeness (QED) is 0.313. The number of benzene rings is 2. The molecule has 2 N–H and O–H groups in total. The molecule has 3 heterocycles. The highest BCUT2D eigenvalue weighted by Gasteiger charge is 2.16. The van der Waals surface area contributed by atoms with Crippen molar-refractivity contribution < 1.29 is 0 Å². The molecule has 0 aliphatic carbocycles. The Kier molecular flexibility index (Phi) is 5.02. The number of thiazole rings is 1. The highest BCUT2D eigenvalue weighted by Crippen LogP contribution is 2.32. The third kappa shape index (κ3) is 4.01. The van der Waals surface area contributed by atoms with Crippen LogP contribution in [-0.2, 0) is 5.41 Å². The van der Waals surface area contributed by atoms with Crippen LogP contribution in [0.1, 0.15) is 31.9 Å². The summed E-state index contributed by atoms with van der Waals surface area (Å²) in [6, 6.07) is 16.8. The summed E-state index contributed by atoms with van der Waals surface area (Å²) in [6.45, 7) is 8.78. The van der Waals surface area contributed by atoms with Gasteiger partial charge in [-0.25, -0.2) is 9.97 Å². The number of hydrogen-bond acceptors (Lipinski definition) is 5. The maximum absolute atomic E-state index is 4.88. The molecule has 5 rings (SSSR count). The summed E-state index contributed by atoms with van der Waals surface area (Å²) in [7, 11) is 0. The summed E-state index contributed by atoms with van der Waals surface area (Å²) >= 11 is 1.58. The number of aromatic amines is 1. The van der Waals surface area contributed by atoms with Crippen LogP contribution < -0.4 is 5.32 Å². The molecule has 0 radical (unpaired) electrons. The van der Waals surface area contributed by atoms with E-state index in [-0.39, 0.29) is 5.41 Å². The molecule has 0 saturated heterocycles. The molecule has 0 amide bonds. The van der Waals surface area contributed by atoms with Gasteiger partial charge in [0, 0.05) is 34.6 Å². The SMILES string of the molecule is Cc1cc2[nH]c(-c3cccc(C(C)(C)C)c3)nc2cc1Nc1nc(-c2cccnc2)cs1.